The van der Waals surface area contributed by atoms with E-state index >= 15 is 0 Å². The van der Waals surface area contributed by atoms with Gasteiger partial charge in [0.1, 0.15) is 11.3 Å². The summed E-state index contributed by atoms with van der Waals surface area (Å²) >= 11 is 0. The van der Waals surface area contributed by atoms with E-state index in [1.165, 1.54) is 6.07 Å². The minimum atomic E-state index is -0.699. The molecule has 24 heavy (non-hydrogen) atoms. The number of para-hydroxylation sites is 1. The van der Waals surface area contributed by atoms with Crippen molar-refractivity contribution in [3.8, 4) is 0 Å². The molecule has 2 aromatic carbocycles. The van der Waals surface area contributed by atoms with Crippen LogP contribution < -0.4 is 5.32 Å². The Morgan fingerprint density at radius 1 is 1.17 bits per heavy atom. The highest BCUT2D eigenvalue weighted by Crippen LogP contribution is 2.49. The van der Waals surface area contributed by atoms with Crippen molar-refractivity contribution in [2.45, 2.75) is 24.8 Å². The standard InChI is InChI=1S/C18H17FN4O/c19-14-6-2-1-5-13(14)18(9-10-18)17(24)20-11-12-23-16-8-4-3-7-15(16)21-22-23/h1-8H,9-12H2,(H,20,24). The Bertz CT molecular complexity index is 901. The predicted molar refractivity (Wildman–Crippen MR) is 87.8 cm³/mol. The maximum Gasteiger partial charge on any atom is 0.230 e. The zero-order valence-corrected chi connectivity index (χ0v) is 13.1. The third-order valence-electron chi connectivity index (χ3n) is 4.60. The van der Waals surface area contributed by atoms with Crippen LogP contribution in [0.3, 0.4) is 0 Å². The van der Waals surface area contributed by atoms with Crippen molar-refractivity contribution in [3.63, 3.8) is 0 Å². The molecule has 3 aromatic rings. The number of carbonyl (C=O) groups excluding carboxylic acids is 1. The summed E-state index contributed by atoms with van der Waals surface area (Å²) < 4.78 is 15.8. The predicted octanol–water partition coefficient (Wildman–Crippen LogP) is 2.42. The Kier molecular flexibility index (Phi) is 3.52. The van der Waals surface area contributed by atoms with Gasteiger partial charge in [-0.25, -0.2) is 9.07 Å². The molecule has 0 spiro atoms. The Balaban J connectivity index is 1.43. The molecule has 0 unspecified atom stereocenters. The van der Waals surface area contributed by atoms with Gasteiger partial charge in [-0.1, -0.05) is 35.5 Å². The molecular formula is C18H17FN4O. The average molecular weight is 324 g/mol. The fraction of sp³-hybridized carbons (Fsp3) is 0.278. The molecule has 1 aromatic heterocycles. The summed E-state index contributed by atoms with van der Waals surface area (Å²) in [6, 6.07) is 14.2. The van der Waals surface area contributed by atoms with Gasteiger partial charge < -0.3 is 5.32 Å². The maximum absolute atomic E-state index is 14.0. The molecule has 1 heterocycles. The van der Waals surface area contributed by atoms with Crippen LogP contribution in [0.25, 0.3) is 11.0 Å². The summed E-state index contributed by atoms with van der Waals surface area (Å²) in [4.78, 5) is 12.5. The van der Waals surface area contributed by atoms with Gasteiger partial charge in [0.2, 0.25) is 5.91 Å². The second kappa shape index (κ2) is 5.70. The molecule has 0 atom stereocenters. The number of carbonyl (C=O) groups is 1. The average Bonchev–Trinajstić information content (AvgIpc) is 3.31. The SMILES string of the molecule is O=C(NCCn1nnc2ccccc21)C1(c2ccccc2F)CC1. The lowest BCUT2D eigenvalue weighted by molar-refractivity contribution is -0.123. The van der Waals surface area contributed by atoms with Crippen molar-refractivity contribution in [2.24, 2.45) is 0 Å². The summed E-state index contributed by atoms with van der Waals surface area (Å²) in [5.74, 6) is -0.426. The first-order valence-electron chi connectivity index (χ1n) is 8.02. The van der Waals surface area contributed by atoms with Crippen LogP contribution in [0, 0.1) is 5.82 Å². The zero-order valence-electron chi connectivity index (χ0n) is 13.1. The Morgan fingerprint density at radius 2 is 1.92 bits per heavy atom. The molecule has 4 rings (SSSR count). The quantitative estimate of drug-likeness (QED) is 0.784. The van der Waals surface area contributed by atoms with Crippen LogP contribution in [0.15, 0.2) is 48.5 Å². The fourth-order valence-electron chi connectivity index (χ4n) is 3.12. The molecule has 5 nitrogen and oxygen atoms in total. The highest BCUT2D eigenvalue weighted by molar-refractivity contribution is 5.91. The second-order valence-corrected chi connectivity index (χ2v) is 6.12. The smallest absolute Gasteiger partial charge is 0.230 e. The van der Waals surface area contributed by atoms with E-state index in [4.69, 9.17) is 0 Å². The minimum Gasteiger partial charge on any atom is -0.353 e. The fourth-order valence-corrected chi connectivity index (χ4v) is 3.12. The molecule has 1 aliphatic rings. The van der Waals surface area contributed by atoms with Gasteiger partial charge in [-0.05, 0) is 31.0 Å². The number of nitrogens with one attached hydrogen (secondary N) is 1. The summed E-state index contributed by atoms with van der Waals surface area (Å²) in [5, 5.41) is 11.1. The highest BCUT2D eigenvalue weighted by atomic mass is 19.1. The summed E-state index contributed by atoms with van der Waals surface area (Å²) in [5.41, 5.74) is 1.56. The third-order valence-corrected chi connectivity index (χ3v) is 4.60. The molecule has 1 amide bonds. The van der Waals surface area contributed by atoms with Gasteiger partial charge in [0.25, 0.3) is 0 Å². The first-order valence-corrected chi connectivity index (χ1v) is 8.02. The van der Waals surface area contributed by atoms with Crippen LogP contribution >= 0.6 is 0 Å². The van der Waals surface area contributed by atoms with Crippen molar-refractivity contribution in [1.82, 2.24) is 20.3 Å². The molecule has 122 valence electrons. The largest absolute Gasteiger partial charge is 0.353 e. The van der Waals surface area contributed by atoms with Gasteiger partial charge in [0.15, 0.2) is 0 Å². The van der Waals surface area contributed by atoms with Gasteiger partial charge in [0, 0.05) is 12.1 Å². The van der Waals surface area contributed by atoms with E-state index in [0.717, 1.165) is 11.0 Å². The van der Waals surface area contributed by atoms with Crippen molar-refractivity contribution in [3.05, 3.63) is 59.9 Å². The van der Waals surface area contributed by atoms with E-state index in [1.807, 2.05) is 24.3 Å². The number of halogens is 1. The van der Waals surface area contributed by atoms with Crippen molar-refractivity contribution >= 4 is 16.9 Å². The number of fused-ring (bicyclic) bond motifs is 1. The molecule has 1 N–H and O–H groups in total. The first-order chi connectivity index (χ1) is 11.7. The molecule has 1 aliphatic carbocycles. The topological polar surface area (TPSA) is 59.8 Å². The second-order valence-electron chi connectivity index (χ2n) is 6.12. The molecule has 0 aliphatic heterocycles. The lowest BCUT2D eigenvalue weighted by Crippen LogP contribution is -2.37. The van der Waals surface area contributed by atoms with Crippen molar-refractivity contribution in [2.75, 3.05) is 6.54 Å². The van der Waals surface area contributed by atoms with Gasteiger partial charge in [-0.15, -0.1) is 5.10 Å². The number of hydrogen-bond acceptors (Lipinski definition) is 3. The number of aromatic nitrogens is 3. The van der Waals surface area contributed by atoms with Gasteiger partial charge >= 0.3 is 0 Å². The normalized spacial score (nSPS) is 15.4. The van der Waals surface area contributed by atoms with Crippen LogP contribution in [0.1, 0.15) is 18.4 Å². The van der Waals surface area contributed by atoms with Crippen molar-refractivity contribution < 1.29 is 9.18 Å². The first kappa shape index (κ1) is 14.8. The summed E-state index contributed by atoms with van der Waals surface area (Å²) in [6.07, 6.45) is 1.37. The molecule has 1 fully saturated rings. The Labute approximate surface area is 138 Å². The lowest BCUT2D eigenvalue weighted by Gasteiger charge is -2.16. The highest BCUT2D eigenvalue weighted by Gasteiger charge is 2.52. The number of nitrogens with zero attached hydrogens (tertiary/aromatic N) is 3. The molecule has 6 heteroatoms. The van der Waals surface area contributed by atoms with Crippen LogP contribution in [-0.2, 0) is 16.8 Å². The number of benzene rings is 2. The third kappa shape index (κ3) is 2.44. The number of amides is 1. The summed E-state index contributed by atoms with van der Waals surface area (Å²) in [6.45, 7) is 0.960. The van der Waals surface area contributed by atoms with E-state index in [0.29, 0.717) is 31.5 Å². The van der Waals surface area contributed by atoms with Crippen LogP contribution in [0.5, 0.6) is 0 Å². The van der Waals surface area contributed by atoms with E-state index in [2.05, 4.69) is 15.6 Å². The van der Waals surface area contributed by atoms with Gasteiger partial charge in [-0.2, -0.15) is 0 Å². The van der Waals surface area contributed by atoms with E-state index in [9.17, 15) is 9.18 Å². The van der Waals surface area contributed by atoms with E-state index in [1.54, 1.807) is 22.9 Å². The maximum atomic E-state index is 14.0. The van der Waals surface area contributed by atoms with E-state index < -0.39 is 5.41 Å². The summed E-state index contributed by atoms with van der Waals surface area (Å²) in [7, 11) is 0. The Hall–Kier alpha value is -2.76. The molecular weight excluding hydrogens is 307 g/mol. The van der Waals surface area contributed by atoms with Crippen LogP contribution in [-0.4, -0.2) is 27.4 Å². The molecule has 0 bridgehead atoms. The van der Waals surface area contributed by atoms with Crippen LogP contribution in [0.2, 0.25) is 0 Å². The lowest BCUT2D eigenvalue weighted by atomic mass is 9.94. The van der Waals surface area contributed by atoms with Crippen LogP contribution in [0.4, 0.5) is 4.39 Å². The monoisotopic (exact) mass is 324 g/mol. The molecule has 0 saturated heterocycles. The number of hydrogen-bond donors (Lipinski definition) is 1. The van der Waals surface area contributed by atoms with E-state index in [-0.39, 0.29) is 11.7 Å². The Morgan fingerprint density at radius 3 is 2.71 bits per heavy atom. The zero-order chi connectivity index (χ0) is 16.6. The molecule has 1 saturated carbocycles. The number of rotatable bonds is 5. The van der Waals surface area contributed by atoms with Crippen molar-refractivity contribution in [1.29, 1.82) is 0 Å². The van der Waals surface area contributed by atoms with Gasteiger partial charge in [0.05, 0.1) is 17.5 Å². The minimum absolute atomic E-state index is 0.114. The van der Waals surface area contributed by atoms with Gasteiger partial charge in [-0.3, -0.25) is 4.79 Å². The molecule has 0 radical (unpaired) electrons.